The molecule has 1 fully saturated rings. The minimum Gasteiger partial charge on any atom is -0.334 e. The van der Waals surface area contributed by atoms with Crippen molar-refractivity contribution in [2.75, 3.05) is 19.6 Å². The van der Waals surface area contributed by atoms with Crippen LogP contribution in [0.15, 0.2) is 43.0 Å². The number of imidazole rings is 1. The zero-order chi connectivity index (χ0) is 18.8. The summed E-state index contributed by atoms with van der Waals surface area (Å²) in [7, 11) is 1.97. The van der Waals surface area contributed by atoms with E-state index >= 15 is 0 Å². The molecular weight excluding hydrogens is 343 g/mol. The number of halogens is 1. The molecule has 1 aliphatic rings. The minimum absolute atomic E-state index is 0.127. The molecule has 0 aliphatic carbocycles. The first-order chi connectivity index (χ1) is 13.1. The summed E-state index contributed by atoms with van der Waals surface area (Å²) >= 11 is 0. The maximum Gasteiger partial charge on any atom is 0.152 e. The summed E-state index contributed by atoms with van der Waals surface area (Å²) in [6, 6.07) is 8.19. The molecule has 3 heterocycles. The first-order valence-electron chi connectivity index (χ1n) is 9.32. The number of aryl methyl sites for hydroxylation is 1. The number of carbonyl (C=O) groups is 1. The molecule has 0 radical (unpaired) electrons. The fraction of sp³-hybridized carbons (Fsp3) is 0.381. The van der Waals surface area contributed by atoms with E-state index in [0.717, 1.165) is 27.7 Å². The third-order valence-corrected chi connectivity index (χ3v) is 5.19. The summed E-state index contributed by atoms with van der Waals surface area (Å²) in [5, 5.41) is 2.10. The fourth-order valence-corrected chi connectivity index (χ4v) is 3.64. The first kappa shape index (κ1) is 17.8. The predicted molar refractivity (Wildman–Crippen MR) is 103 cm³/mol. The number of rotatable bonds is 5. The molecule has 4 rings (SSSR count). The zero-order valence-electron chi connectivity index (χ0n) is 15.4. The van der Waals surface area contributed by atoms with Crippen LogP contribution in [0.5, 0.6) is 0 Å². The third-order valence-electron chi connectivity index (χ3n) is 5.19. The molecule has 2 aromatic heterocycles. The van der Waals surface area contributed by atoms with Gasteiger partial charge in [-0.15, -0.1) is 0 Å². The lowest BCUT2D eigenvalue weighted by Gasteiger charge is -2.27. The van der Waals surface area contributed by atoms with E-state index in [0.29, 0.717) is 38.9 Å². The topological polar surface area (TPSA) is 51.0 Å². The number of carbonyl (C=O) groups excluding carboxylic acids is 1. The van der Waals surface area contributed by atoms with Crippen LogP contribution in [0, 0.1) is 0 Å². The molecule has 0 atom stereocenters. The SMILES string of the molecule is Cn1cncc1-c1ccc2cnc(CC(=O)CN3CCC(F)CC3)cc2c1. The fourth-order valence-electron chi connectivity index (χ4n) is 3.64. The largest absolute Gasteiger partial charge is 0.334 e. The molecule has 1 saturated heterocycles. The summed E-state index contributed by atoms with van der Waals surface area (Å²) in [4.78, 5) is 23.1. The van der Waals surface area contributed by atoms with Crippen molar-refractivity contribution in [2.45, 2.75) is 25.4 Å². The van der Waals surface area contributed by atoms with E-state index in [1.807, 2.05) is 41.0 Å². The molecule has 0 saturated carbocycles. The predicted octanol–water partition coefficient (Wildman–Crippen LogP) is 3.18. The van der Waals surface area contributed by atoms with Crippen LogP contribution in [0.3, 0.4) is 0 Å². The van der Waals surface area contributed by atoms with Gasteiger partial charge in [-0.05, 0) is 30.4 Å². The number of hydrogen-bond donors (Lipinski definition) is 0. The summed E-state index contributed by atoms with van der Waals surface area (Å²) in [5.41, 5.74) is 2.90. The zero-order valence-corrected chi connectivity index (χ0v) is 15.4. The van der Waals surface area contributed by atoms with Crippen molar-refractivity contribution in [1.82, 2.24) is 19.4 Å². The Bertz CT molecular complexity index is 960. The third kappa shape index (κ3) is 4.06. The van der Waals surface area contributed by atoms with E-state index in [9.17, 15) is 9.18 Å². The van der Waals surface area contributed by atoms with Gasteiger partial charge in [-0.1, -0.05) is 12.1 Å². The Hall–Kier alpha value is -2.60. The summed E-state index contributed by atoms with van der Waals surface area (Å²) in [5.74, 6) is 0.127. The van der Waals surface area contributed by atoms with Gasteiger partial charge in [0, 0.05) is 43.0 Å². The number of piperidine rings is 1. The molecule has 140 valence electrons. The van der Waals surface area contributed by atoms with Gasteiger partial charge in [0.25, 0.3) is 0 Å². The van der Waals surface area contributed by atoms with Crippen LogP contribution >= 0.6 is 0 Å². The molecule has 6 heteroatoms. The molecule has 5 nitrogen and oxygen atoms in total. The molecule has 0 unspecified atom stereocenters. The number of alkyl halides is 1. The van der Waals surface area contributed by atoms with E-state index in [1.54, 1.807) is 6.33 Å². The van der Waals surface area contributed by atoms with Crippen LogP contribution in [0.2, 0.25) is 0 Å². The first-order valence-corrected chi connectivity index (χ1v) is 9.32. The monoisotopic (exact) mass is 366 g/mol. The van der Waals surface area contributed by atoms with Crippen molar-refractivity contribution in [3.63, 3.8) is 0 Å². The molecule has 0 N–H and O–H groups in total. The molecule has 0 amide bonds. The Labute approximate surface area is 157 Å². The number of fused-ring (bicyclic) bond motifs is 1. The van der Waals surface area contributed by atoms with Gasteiger partial charge >= 0.3 is 0 Å². The molecule has 1 aromatic carbocycles. The maximum absolute atomic E-state index is 13.2. The lowest BCUT2D eigenvalue weighted by atomic mass is 10.0. The van der Waals surface area contributed by atoms with Gasteiger partial charge in [0.15, 0.2) is 5.78 Å². The van der Waals surface area contributed by atoms with E-state index in [-0.39, 0.29) is 5.78 Å². The van der Waals surface area contributed by atoms with Gasteiger partial charge in [0.05, 0.1) is 31.2 Å². The molecule has 1 aliphatic heterocycles. The molecular formula is C21H23FN4O. The highest BCUT2D eigenvalue weighted by atomic mass is 19.1. The van der Waals surface area contributed by atoms with E-state index < -0.39 is 6.17 Å². The second kappa shape index (κ2) is 7.56. The van der Waals surface area contributed by atoms with Gasteiger partial charge in [0.1, 0.15) is 6.17 Å². The smallest absolute Gasteiger partial charge is 0.152 e. The highest BCUT2D eigenvalue weighted by Crippen LogP contribution is 2.24. The van der Waals surface area contributed by atoms with Crippen LogP contribution < -0.4 is 0 Å². The summed E-state index contributed by atoms with van der Waals surface area (Å²) < 4.78 is 15.2. The average Bonchev–Trinajstić information content (AvgIpc) is 3.09. The number of Topliss-reactive ketones (excluding diaryl/α,β-unsaturated/α-hetero) is 1. The van der Waals surface area contributed by atoms with Crippen molar-refractivity contribution in [3.05, 3.63) is 48.7 Å². The van der Waals surface area contributed by atoms with Crippen molar-refractivity contribution in [2.24, 2.45) is 7.05 Å². The number of ketones is 1. The van der Waals surface area contributed by atoms with Crippen molar-refractivity contribution in [1.29, 1.82) is 0 Å². The Morgan fingerprint density at radius 1 is 1.19 bits per heavy atom. The number of benzene rings is 1. The van der Waals surface area contributed by atoms with Crippen molar-refractivity contribution < 1.29 is 9.18 Å². The molecule has 3 aromatic rings. The highest BCUT2D eigenvalue weighted by Gasteiger charge is 2.20. The van der Waals surface area contributed by atoms with Crippen LogP contribution in [0.1, 0.15) is 18.5 Å². The Morgan fingerprint density at radius 2 is 2.00 bits per heavy atom. The number of hydrogen-bond acceptors (Lipinski definition) is 4. The van der Waals surface area contributed by atoms with Crippen molar-refractivity contribution in [3.8, 4) is 11.3 Å². The maximum atomic E-state index is 13.2. The average molecular weight is 366 g/mol. The highest BCUT2D eigenvalue weighted by molar-refractivity contribution is 5.88. The second-order valence-electron chi connectivity index (χ2n) is 7.29. The molecule has 27 heavy (non-hydrogen) atoms. The van der Waals surface area contributed by atoms with Gasteiger partial charge < -0.3 is 4.57 Å². The number of aromatic nitrogens is 3. The summed E-state index contributed by atoms with van der Waals surface area (Å²) in [6.45, 7) is 1.69. The van der Waals surface area contributed by atoms with Gasteiger partial charge in [-0.3, -0.25) is 14.7 Å². The number of likely N-dealkylation sites (tertiary alicyclic amines) is 1. The second-order valence-corrected chi connectivity index (χ2v) is 7.29. The van der Waals surface area contributed by atoms with Gasteiger partial charge in [-0.2, -0.15) is 0 Å². The normalized spacial score (nSPS) is 16.1. The lowest BCUT2D eigenvalue weighted by molar-refractivity contribution is -0.120. The van der Waals surface area contributed by atoms with Crippen LogP contribution in [0.4, 0.5) is 4.39 Å². The summed E-state index contributed by atoms with van der Waals surface area (Å²) in [6.07, 6.45) is 6.08. The lowest BCUT2D eigenvalue weighted by Crippen LogP contribution is -2.38. The molecule has 0 bridgehead atoms. The number of nitrogens with zero attached hydrogens (tertiary/aromatic N) is 4. The quantitative estimate of drug-likeness (QED) is 0.696. The van der Waals surface area contributed by atoms with Gasteiger partial charge in [0.2, 0.25) is 0 Å². The standard InChI is InChI=1S/C21H23FN4O/c1-25-14-23-12-21(25)15-2-3-16-11-24-19(9-17(16)8-15)10-20(27)13-26-6-4-18(22)5-7-26/h2-3,8-9,11-12,14,18H,4-7,10,13H2,1H3. The Kier molecular flexibility index (Phi) is 4.99. The Balaban J connectivity index is 1.49. The molecule has 0 spiro atoms. The van der Waals surface area contributed by atoms with E-state index in [1.165, 1.54) is 0 Å². The van der Waals surface area contributed by atoms with Crippen LogP contribution in [-0.4, -0.2) is 51.0 Å². The number of pyridine rings is 1. The van der Waals surface area contributed by atoms with E-state index in [2.05, 4.69) is 22.1 Å². The van der Waals surface area contributed by atoms with Crippen molar-refractivity contribution >= 4 is 16.6 Å². The van der Waals surface area contributed by atoms with Gasteiger partial charge in [-0.25, -0.2) is 9.37 Å². The minimum atomic E-state index is -0.716. The van der Waals surface area contributed by atoms with E-state index in [4.69, 9.17) is 0 Å². The van der Waals surface area contributed by atoms with Crippen LogP contribution in [0.25, 0.3) is 22.0 Å². The Morgan fingerprint density at radius 3 is 2.74 bits per heavy atom. The van der Waals surface area contributed by atoms with Crippen LogP contribution in [-0.2, 0) is 18.3 Å².